The molecule has 0 bridgehead atoms. The van der Waals surface area contributed by atoms with E-state index in [-0.39, 0.29) is 23.1 Å². The number of hydrogen-bond donors (Lipinski definition) is 3. The number of nitrogens with one attached hydrogen (secondary N) is 1. The summed E-state index contributed by atoms with van der Waals surface area (Å²) in [6.45, 7) is 1.83. The predicted molar refractivity (Wildman–Crippen MR) is 86.2 cm³/mol. The number of aromatic nitrogens is 5. The lowest BCUT2D eigenvalue weighted by atomic mass is 10.2. The Bertz CT molecular complexity index is 930. The van der Waals surface area contributed by atoms with Gasteiger partial charge in [0.05, 0.1) is 11.9 Å². The van der Waals surface area contributed by atoms with Crippen LogP contribution in [0.2, 0.25) is 0 Å². The molecule has 0 saturated heterocycles. The third kappa shape index (κ3) is 3.29. The summed E-state index contributed by atoms with van der Waals surface area (Å²) in [6, 6.07) is 6.43. The maximum Gasteiger partial charge on any atom is 0.293 e. The van der Waals surface area contributed by atoms with E-state index in [4.69, 9.17) is 5.73 Å². The van der Waals surface area contributed by atoms with Crippen LogP contribution in [0.15, 0.2) is 34.0 Å². The van der Waals surface area contributed by atoms with E-state index in [0.29, 0.717) is 17.7 Å². The van der Waals surface area contributed by atoms with Crippen LogP contribution in [0, 0.1) is 0 Å². The van der Waals surface area contributed by atoms with Crippen molar-refractivity contribution in [2.75, 3.05) is 5.73 Å². The second kappa shape index (κ2) is 6.78. The van der Waals surface area contributed by atoms with Crippen LogP contribution in [-0.4, -0.2) is 42.5 Å². The Hall–Kier alpha value is -3.76. The van der Waals surface area contributed by atoms with Crippen LogP contribution >= 0.6 is 0 Å². The summed E-state index contributed by atoms with van der Waals surface area (Å²) in [6.07, 6.45) is 1.84. The highest BCUT2D eigenvalue weighted by atomic mass is 16.6. The number of phenols is 1. The molecule has 0 radical (unpaired) electrons. The number of benzene rings is 1. The normalized spacial score (nSPS) is 11.1. The number of anilines is 1. The Morgan fingerprint density at radius 1 is 1.48 bits per heavy atom. The zero-order valence-electron chi connectivity index (χ0n) is 13.1. The van der Waals surface area contributed by atoms with E-state index in [1.54, 1.807) is 12.1 Å². The van der Waals surface area contributed by atoms with Gasteiger partial charge in [0, 0.05) is 0 Å². The molecule has 2 aromatic heterocycles. The highest BCUT2D eigenvalue weighted by Gasteiger charge is 2.22. The SMILES string of the molecule is CCc1c(C(=O)N/N=C/c2cccc(O)c2)nnn1-c1nonc1N. The maximum atomic E-state index is 12.3. The largest absolute Gasteiger partial charge is 0.508 e. The molecular formula is C14H14N8O3. The molecule has 0 atom stereocenters. The number of carbonyl (C=O) groups excluding carboxylic acids is 1. The molecule has 0 aliphatic rings. The van der Waals surface area contributed by atoms with Crippen LogP contribution in [0.5, 0.6) is 5.75 Å². The molecule has 0 aliphatic carbocycles. The van der Waals surface area contributed by atoms with Crippen LogP contribution in [-0.2, 0) is 6.42 Å². The minimum Gasteiger partial charge on any atom is -0.508 e. The Balaban J connectivity index is 1.79. The second-order valence-electron chi connectivity index (χ2n) is 4.92. The summed E-state index contributed by atoms with van der Waals surface area (Å²) >= 11 is 0. The van der Waals surface area contributed by atoms with Crippen LogP contribution < -0.4 is 11.2 Å². The van der Waals surface area contributed by atoms with Crippen molar-refractivity contribution in [2.45, 2.75) is 13.3 Å². The third-order valence-corrected chi connectivity index (χ3v) is 3.26. The summed E-state index contributed by atoms with van der Waals surface area (Å²) in [7, 11) is 0. The van der Waals surface area contributed by atoms with Crippen molar-refractivity contribution in [3.8, 4) is 11.6 Å². The molecule has 0 unspecified atom stereocenters. The smallest absolute Gasteiger partial charge is 0.293 e. The fourth-order valence-corrected chi connectivity index (χ4v) is 2.13. The number of nitrogens with two attached hydrogens (primary N) is 1. The molecular weight excluding hydrogens is 328 g/mol. The predicted octanol–water partition coefficient (Wildman–Crippen LogP) is 0.264. The van der Waals surface area contributed by atoms with E-state index in [2.05, 4.69) is 35.8 Å². The summed E-state index contributed by atoms with van der Waals surface area (Å²) in [5.74, 6) is -0.250. The molecule has 11 nitrogen and oxygen atoms in total. The fraction of sp³-hybridized carbons (Fsp3) is 0.143. The van der Waals surface area contributed by atoms with Gasteiger partial charge in [0.25, 0.3) is 5.91 Å². The first-order valence-electron chi connectivity index (χ1n) is 7.25. The number of hydrogen-bond acceptors (Lipinski definition) is 9. The molecule has 11 heteroatoms. The molecule has 0 saturated carbocycles. The standard InChI is InChI=1S/C14H14N8O3/c1-2-10-11(17-21-22(10)13-12(15)19-25-20-13)14(24)18-16-7-8-4-3-5-9(23)6-8/h3-7,23H,2H2,1H3,(H2,15,19)(H,18,24)/b16-7+. The van der Waals surface area contributed by atoms with Crippen LogP contribution in [0.4, 0.5) is 5.82 Å². The summed E-state index contributed by atoms with van der Waals surface area (Å²) in [5.41, 5.74) is 9.18. The zero-order valence-corrected chi connectivity index (χ0v) is 13.1. The van der Waals surface area contributed by atoms with Gasteiger partial charge in [0.2, 0.25) is 11.6 Å². The van der Waals surface area contributed by atoms with Crippen molar-refractivity contribution >= 4 is 17.9 Å². The average molecular weight is 342 g/mol. The van der Waals surface area contributed by atoms with Crippen molar-refractivity contribution in [1.29, 1.82) is 0 Å². The average Bonchev–Trinajstić information content (AvgIpc) is 3.20. The van der Waals surface area contributed by atoms with E-state index in [0.717, 1.165) is 0 Å². The Morgan fingerprint density at radius 2 is 2.32 bits per heavy atom. The number of nitrogens with zero attached hydrogens (tertiary/aromatic N) is 6. The Kier molecular flexibility index (Phi) is 4.37. The molecule has 1 amide bonds. The first-order chi connectivity index (χ1) is 12.1. The first kappa shape index (κ1) is 16.1. The number of nitrogen functional groups attached to an aromatic ring is 1. The van der Waals surface area contributed by atoms with E-state index in [1.807, 2.05) is 6.92 Å². The highest BCUT2D eigenvalue weighted by molar-refractivity contribution is 5.94. The van der Waals surface area contributed by atoms with Crippen LogP contribution in [0.3, 0.4) is 0 Å². The molecule has 4 N–H and O–H groups in total. The van der Waals surface area contributed by atoms with Gasteiger partial charge in [-0.15, -0.1) is 5.10 Å². The topological polar surface area (TPSA) is 157 Å². The van der Waals surface area contributed by atoms with Crippen molar-refractivity contribution in [3.63, 3.8) is 0 Å². The quantitative estimate of drug-likeness (QED) is 0.440. The number of aromatic hydroxyl groups is 1. The number of hydrazone groups is 1. The van der Waals surface area contributed by atoms with Crippen molar-refractivity contribution in [2.24, 2.45) is 5.10 Å². The fourth-order valence-electron chi connectivity index (χ4n) is 2.13. The molecule has 128 valence electrons. The van der Waals surface area contributed by atoms with Crippen LogP contribution in [0.1, 0.15) is 28.7 Å². The summed E-state index contributed by atoms with van der Waals surface area (Å²) < 4.78 is 5.83. The number of rotatable bonds is 5. The summed E-state index contributed by atoms with van der Waals surface area (Å²) in [5, 5.41) is 28.1. The van der Waals surface area contributed by atoms with E-state index in [9.17, 15) is 9.90 Å². The van der Waals surface area contributed by atoms with Crippen molar-refractivity contribution in [1.82, 2.24) is 30.7 Å². The van der Waals surface area contributed by atoms with Gasteiger partial charge in [-0.3, -0.25) is 4.79 Å². The Morgan fingerprint density at radius 3 is 3.00 bits per heavy atom. The first-order valence-corrected chi connectivity index (χ1v) is 7.25. The zero-order chi connectivity index (χ0) is 17.8. The number of amides is 1. The second-order valence-corrected chi connectivity index (χ2v) is 4.92. The lowest BCUT2D eigenvalue weighted by molar-refractivity contribution is 0.0949. The molecule has 0 spiro atoms. The van der Waals surface area contributed by atoms with E-state index >= 15 is 0 Å². The highest BCUT2D eigenvalue weighted by Crippen LogP contribution is 2.16. The summed E-state index contributed by atoms with van der Waals surface area (Å²) in [4.78, 5) is 12.3. The lowest BCUT2D eigenvalue weighted by Crippen LogP contribution is -2.20. The van der Waals surface area contributed by atoms with Gasteiger partial charge < -0.3 is 10.8 Å². The van der Waals surface area contributed by atoms with E-state index < -0.39 is 5.91 Å². The molecule has 2 heterocycles. The number of phenolic OH excluding ortho intramolecular Hbond substituents is 1. The molecule has 0 fully saturated rings. The van der Waals surface area contributed by atoms with Crippen molar-refractivity contribution in [3.05, 3.63) is 41.2 Å². The van der Waals surface area contributed by atoms with Crippen molar-refractivity contribution < 1.29 is 14.5 Å². The van der Waals surface area contributed by atoms with Gasteiger partial charge >= 0.3 is 0 Å². The van der Waals surface area contributed by atoms with Crippen LogP contribution in [0.25, 0.3) is 5.82 Å². The monoisotopic (exact) mass is 342 g/mol. The maximum absolute atomic E-state index is 12.3. The molecule has 3 rings (SSSR count). The minimum atomic E-state index is -0.547. The minimum absolute atomic E-state index is 0.0356. The van der Waals surface area contributed by atoms with Gasteiger partial charge in [-0.05, 0) is 34.4 Å². The molecule has 1 aromatic carbocycles. The van der Waals surface area contributed by atoms with Gasteiger partial charge in [0.1, 0.15) is 5.75 Å². The van der Waals surface area contributed by atoms with Gasteiger partial charge in [-0.2, -0.15) is 9.78 Å². The lowest BCUT2D eigenvalue weighted by Gasteiger charge is -2.02. The van der Waals surface area contributed by atoms with E-state index in [1.165, 1.54) is 23.0 Å². The van der Waals surface area contributed by atoms with Gasteiger partial charge in [-0.1, -0.05) is 24.3 Å². The van der Waals surface area contributed by atoms with Gasteiger partial charge in [0.15, 0.2) is 5.69 Å². The third-order valence-electron chi connectivity index (χ3n) is 3.26. The van der Waals surface area contributed by atoms with Gasteiger partial charge in [-0.25, -0.2) is 10.1 Å². The molecule has 25 heavy (non-hydrogen) atoms. The Labute approximate surface area is 141 Å². The molecule has 3 aromatic rings. The number of carbonyl (C=O) groups is 1. The molecule has 0 aliphatic heterocycles.